The minimum absolute atomic E-state index is 0.0477. The molecule has 0 amide bonds. The Morgan fingerprint density at radius 3 is 2.50 bits per heavy atom. The van der Waals surface area contributed by atoms with E-state index in [4.69, 9.17) is 27.9 Å². The van der Waals surface area contributed by atoms with Crippen LogP contribution in [0.2, 0.25) is 10.0 Å². The maximum atomic E-state index is 13.7. The van der Waals surface area contributed by atoms with Gasteiger partial charge in [0.05, 0.1) is 33.8 Å². The Bertz CT molecular complexity index is 903. The molecule has 26 heavy (non-hydrogen) atoms. The van der Waals surface area contributed by atoms with Crippen molar-refractivity contribution in [2.45, 2.75) is 11.4 Å². The van der Waals surface area contributed by atoms with Gasteiger partial charge in [0.25, 0.3) is 10.0 Å². The number of anilines is 1. The van der Waals surface area contributed by atoms with Gasteiger partial charge in [0.1, 0.15) is 5.82 Å². The first-order chi connectivity index (χ1) is 12.3. The lowest BCUT2D eigenvalue weighted by Crippen LogP contribution is -2.35. The molecule has 0 spiro atoms. The van der Waals surface area contributed by atoms with E-state index in [2.05, 4.69) is 9.62 Å². The number of halogens is 3. The van der Waals surface area contributed by atoms with Crippen molar-refractivity contribution < 1.29 is 17.5 Å². The monoisotopic (exact) mass is 418 g/mol. The molecule has 0 radical (unpaired) electrons. The number of benzene rings is 2. The number of rotatable bonds is 5. The molecule has 9 heteroatoms. The van der Waals surface area contributed by atoms with E-state index < -0.39 is 15.8 Å². The standard InChI is InChI=1S/C17H17Cl2FN2O3S/c18-15-4-3-14(10-16(15)19)26(23,24)21-17-9-13(20)2-1-12(17)11-22-5-7-25-8-6-22/h1-4,9-10,21H,5-8,11H2. The average molecular weight is 419 g/mol. The minimum Gasteiger partial charge on any atom is -0.379 e. The summed E-state index contributed by atoms with van der Waals surface area (Å²) in [5.41, 5.74) is 0.875. The molecule has 140 valence electrons. The fourth-order valence-electron chi connectivity index (χ4n) is 2.63. The van der Waals surface area contributed by atoms with Gasteiger partial charge in [0.15, 0.2) is 0 Å². The van der Waals surface area contributed by atoms with E-state index in [1.165, 1.54) is 30.3 Å². The molecule has 1 aliphatic heterocycles. The second-order valence-electron chi connectivity index (χ2n) is 5.87. The largest absolute Gasteiger partial charge is 0.379 e. The van der Waals surface area contributed by atoms with Gasteiger partial charge in [-0.2, -0.15) is 0 Å². The van der Waals surface area contributed by atoms with Crippen LogP contribution in [0.15, 0.2) is 41.3 Å². The molecule has 0 aliphatic carbocycles. The molecule has 1 aliphatic rings. The van der Waals surface area contributed by atoms with E-state index in [9.17, 15) is 12.8 Å². The van der Waals surface area contributed by atoms with Gasteiger partial charge in [-0.25, -0.2) is 12.8 Å². The predicted octanol–water partition coefficient (Wildman–Crippen LogP) is 3.77. The van der Waals surface area contributed by atoms with Crippen LogP contribution < -0.4 is 4.72 Å². The Labute approximate surface area is 161 Å². The molecule has 1 fully saturated rings. The van der Waals surface area contributed by atoms with Crippen LogP contribution in [0.5, 0.6) is 0 Å². The predicted molar refractivity (Wildman–Crippen MR) is 99.8 cm³/mol. The fraction of sp³-hybridized carbons (Fsp3) is 0.294. The zero-order valence-electron chi connectivity index (χ0n) is 13.7. The van der Waals surface area contributed by atoms with E-state index >= 15 is 0 Å². The second-order valence-corrected chi connectivity index (χ2v) is 8.37. The fourth-order valence-corrected chi connectivity index (χ4v) is 4.11. The normalized spacial score (nSPS) is 15.8. The highest BCUT2D eigenvalue weighted by atomic mass is 35.5. The van der Waals surface area contributed by atoms with E-state index in [1.807, 2.05) is 0 Å². The molecule has 1 saturated heterocycles. The topological polar surface area (TPSA) is 58.6 Å². The van der Waals surface area contributed by atoms with Crippen molar-refractivity contribution in [3.8, 4) is 0 Å². The van der Waals surface area contributed by atoms with E-state index in [-0.39, 0.29) is 20.6 Å². The van der Waals surface area contributed by atoms with Crippen molar-refractivity contribution in [3.05, 3.63) is 57.8 Å². The molecule has 2 aromatic carbocycles. The van der Waals surface area contributed by atoms with Crippen molar-refractivity contribution in [2.24, 2.45) is 0 Å². The second kappa shape index (κ2) is 8.10. The van der Waals surface area contributed by atoms with Gasteiger partial charge in [-0.15, -0.1) is 0 Å². The summed E-state index contributed by atoms with van der Waals surface area (Å²) >= 11 is 11.7. The van der Waals surface area contributed by atoms with Gasteiger partial charge in [-0.3, -0.25) is 9.62 Å². The quantitative estimate of drug-likeness (QED) is 0.802. The Morgan fingerprint density at radius 2 is 1.81 bits per heavy atom. The number of hydrogen-bond acceptors (Lipinski definition) is 4. The summed E-state index contributed by atoms with van der Waals surface area (Å²) in [5, 5.41) is 0.381. The Morgan fingerprint density at radius 1 is 1.08 bits per heavy atom. The number of nitrogens with zero attached hydrogens (tertiary/aromatic N) is 1. The van der Waals surface area contributed by atoms with Gasteiger partial charge >= 0.3 is 0 Å². The highest BCUT2D eigenvalue weighted by Crippen LogP contribution is 2.27. The van der Waals surface area contributed by atoms with Gasteiger partial charge in [0, 0.05) is 19.6 Å². The van der Waals surface area contributed by atoms with Crippen molar-refractivity contribution in [1.29, 1.82) is 0 Å². The first kappa shape index (κ1) is 19.4. The molecule has 0 aromatic heterocycles. The summed E-state index contributed by atoms with van der Waals surface area (Å²) in [4.78, 5) is 2.07. The van der Waals surface area contributed by atoms with Crippen LogP contribution >= 0.6 is 23.2 Å². The van der Waals surface area contributed by atoms with Crippen LogP contribution in [-0.4, -0.2) is 39.6 Å². The summed E-state index contributed by atoms with van der Waals surface area (Å²) in [7, 11) is -3.94. The van der Waals surface area contributed by atoms with Crippen molar-refractivity contribution in [1.82, 2.24) is 4.90 Å². The van der Waals surface area contributed by atoms with Gasteiger partial charge in [-0.1, -0.05) is 29.3 Å². The van der Waals surface area contributed by atoms with E-state index in [0.29, 0.717) is 25.3 Å². The summed E-state index contributed by atoms with van der Waals surface area (Å²) in [6.07, 6.45) is 0. The average Bonchev–Trinajstić information content (AvgIpc) is 2.60. The molecule has 0 bridgehead atoms. The molecular weight excluding hydrogens is 402 g/mol. The Hall–Kier alpha value is -1.38. The lowest BCUT2D eigenvalue weighted by Gasteiger charge is -2.27. The molecule has 2 aromatic rings. The first-order valence-corrected chi connectivity index (χ1v) is 10.2. The smallest absolute Gasteiger partial charge is 0.261 e. The SMILES string of the molecule is O=S(=O)(Nc1cc(F)ccc1CN1CCOCC1)c1ccc(Cl)c(Cl)c1. The van der Waals surface area contributed by atoms with E-state index in [0.717, 1.165) is 13.1 Å². The number of ether oxygens (including phenoxy) is 1. The number of nitrogens with one attached hydrogen (secondary N) is 1. The lowest BCUT2D eigenvalue weighted by molar-refractivity contribution is 0.0342. The Kier molecular flexibility index (Phi) is 6.04. The Balaban J connectivity index is 1.87. The van der Waals surface area contributed by atoms with Crippen LogP contribution in [0.25, 0.3) is 0 Å². The highest BCUT2D eigenvalue weighted by Gasteiger charge is 2.19. The van der Waals surface area contributed by atoms with Crippen molar-refractivity contribution in [3.63, 3.8) is 0 Å². The molecule has 3 rings (SSSR count). The minimum atomic E-state index is -3.94. The molecule has 0 unspecified atom stereocenters. The highest BCUT2D eigenvalue weighted by molar-refractivity contribution is 7.92. The van der Waals surface area contributed by atoms with Crippen LogP contribution in [-0.2, 0) is 21.3 Å². The number of sulfonamides is 1. The van der Waals surface area contributed by atoms with Gasteiger partial charge in [0.2, 0.25) is 0 Å². The first-order valence-electron chi connectivity index (χ1n) is 7.91. The number of hydrogen-bond donors (Lipinski definition) is 1. The number of morpholine rings is 1. The van der Waals surface area contributed by atoms with Gasteiger partial charge < -0.3 is 4.74 Å². The summed E-state index contributed by atoms with van der Waals surface area (Å²) < 4.78 is 46.8. The third-order valence-corrected chi connectivity index (χ3v) is 6.12. The van der Waals surface area contributed by atoms with E-state index in [1.54, 1.807) is 6.07 Å². The summed E-state index contributed by atoms with van der Waals surface area (Å²) in [6.45, 7) is 3.19. The van der Waals surface area contributed by atoms with Crippen LogP contribution in [0.1, 0.15) is 5.56 Å². The molecule has 1 heterocycles. The molecule has 1 N–H and O–H groups in total. The zero-order chi connectivity index (χ0) is 18.7. The van der Waals surface area contributed by atoms with Crippen LogP contribution in [0, 0.1) is 5.82 Å². The zero-order valence-corrected chi connectivity index (χ0v) is 16.0. The molecule has 0 saturated carbocycles. The summed E-state index contributed by atoms with van der Waals surface area (Å²) in [5.74, 6) is -0.525. The molecule has 5 nitrogen and oxygen atoms in total. The third-order valence-electron chi connectivity index (χ3n) is 4.02. The van der Waals surface area contributed by atoms with Crippen molar-refractivity contribution in [2.75, 3.05) is 31.0 Å². The van der Waals surface area contributed by atoms with Gasteiger partial charge in [-0.05, 0) is 35.9 Å². The summed E-state index contributed by atoms with van der Waals surface area (Å²) in [6, 6.07) is 8.07. The maximum absolute atomic E-state index is 13.7. The molecular formula is C17H17Cl2FN2O3S. The third kappa shape index (κ3) is 4.66. The lowest BCUT2D eigenvalue weighted by atomic mass is 10.1. The van der Waals surface area contributed by atoms with Crippen molar-refractivity contribution >= 4 is 38.9 Å². The van der Waals surface area contributed by atoms with Crippen LogP contribution in [0.4, 0.5) is 10.1 Å². The maximum Gasteiger partial charge on any atom is 0.261 e. The molecule has 0 atom stereocenters. The van der Waals surface area contributed by atoms with Crippen LogP contribution in [0.3, 0.4) is 0 Å².